The molecule has 602 valence electrons. The van der Waals surface area contributed by atoms with E-state index in [2.05, 4.69) is 69.2 Å². The summed E-state index contributed by atoms with van der Waals surface area (Å²) in [6.45, 7) is 28.6. The fraction of sp³-hybridized carbons (Fsp3) is 0.170. The van der Waals surface area contributed by atoms with Crippen LogP contribution in [-0.4, -0.2) is 126 Å². The average molecular weight is 1580 g/mol. The Bertz CT molecular complexity index is 5110. The Hall–Kier alpha value is -14.3. The van der Waals surface area contributed by atoms with E-state index in [-0.39, 0.29) is 88.2 Å². The lowest BCUT2D eigenvalue weighted by Gasteiger charge is -2.15. The highest BCUT2D eigenvalue weighted by Crippen LogP contribution is 2.23. The summed E-state index contributed by atoms with van der Waals surface area (Å²) in [4.78, 5) is 92.1. The van der Waals surface area contributed by atoms with E-state index in [0.717, 1.165) is 67.4 Å². The number of esters is 7. The Kier molecular flexibility index (Phi) is 43.3. The van der Waals surface area contributed by atoms with Gasteiger partial charge in [-0.1, -0.05) is 221 Å². The predicted molar refractivity (Wildman–Crippen MR) is 457 cm³/mol. The molecule has 9 rings (SSSR count). The van der Waals surface area contributed by atoms with Crippen LogP contribution >= 0.6 is 0 Å². The van der Waals surface area contributed by atoms with Crippen molar-refractivity contribution in [2.75, 3.05) is 65.2 Å². The first-order chi connectivity index (χ1) is 55.3. The van der Waals surface area contributed by atoms with E-state index in [1.165, 1.54) is 11.0 Å². The molecule has 0 aliphatic rings. The largest absolute Gasteiger partial charge is 0.490 e. The van der Waals surface area contributed by atoms with E-state index in [1.807, 2.05) is 200 Å². The summed E-state index contributed by atoms with van der Waals surface area (Å²) >= 11 is 0. The fourth-order valence-corrected chi connectivity index (χ4v) is 10.2. The lowest BCUT2D eigenvalue weighted by Crippen LogP contribution is -2.30. The van der Waals surface area contributed by atoms with Crippen LogP contribution in [0.25, 0.3) is 38.7 Å². The summed E-state index contributed by atoms with van der Waals surface area (Å²) < 4.78 is 69.4. The number of fused-ring (bicyclic) bond motifs is 2. The van der Waals surface area contributed by atoms with Gasteiger partial charge in [0.15, 0.2) is 9.84 Å². The van der Waals surface area contributed by atoms with Crippen molar-refractivity contribution in [1.29, 1.82) is 0 Å². The van der Waals surface area contributed by atoms with Crippen LogP contribution in [0.4, 0.5) is 0 Å². The van der Waals surface area contributed by atoms with Gasteiger partial charge in [-0.15, -0.1) is 6.42 Å². The minimum absolute atomic E-state index is 0. The molecule has 20 nitrogen and oxygen atoms in total. The summed E-state index contributed by atoms with van der Waals surface area (Å²) in [6, 6.07) is 74.5. The van der Waals surface area contributed by atoms with E-state index < -0.39 is 39.7 Å². The summed E-state index contributed by atoms with van der Waals surface area (Å²) in [6.07, 6.45) is 10.5. The van der Waals surface area contributed by atoms with E-state index in [9.17, 15) is 46.8 Å². The first-order valence-electron chi connectivity index (χ1n) is 35.6. The van der Waals surface area contributed by atoms with E-state index in [4.69, 9.17) is 49.1 Å². The highest BCUT2D eigenvalue weighted by molar-refractivity contribution is 7.91. The van der Waals surface area contributed by atoms with Gasteiger partial charge in [0.05, 0.1) is 29.4 Å². The molecule has 0 unspecified atom stereocenters. The number of carbonyl (C=O) groups is 8. The molecule has 0 aliphatic heterocycles. The smallest absolute Gasteiger partial charge is 0.338 e. The zero-order chi connectivity index (χ0) is 84.0. The lowest BCUT2D eigenvalue weighted by molar-refractivity contribution is -0.146. The van der Waals surface area contributed by atoms with Crippen LogP contribution in [-0.2, 0) is 83.2 Å². The molecule has 21 heteroatoms. The van der Waals surface area contributed by atoms with Crippen LogP contribution < -0.4 is 9.47 Å². The molecule has 0 saturated carbocycles. The fourth-order valence-electron chi connectivity index (χ4n) is 8.88. The Balaban J connectivity index is 0. The van der Waals surface area contributed by atoms with Crippen molar-refractivity contribution < 1.29 is 96.5 Å². The number of amides is 1. The molecule has 0 aromatic heterocycles. The number of hydrogen-bond acceptors (Lipinski definition) is 19. The number of terminal acetylenes is 1. The van der Waals surface area contributed by atoms with Gasteiger partial charge < -0.3 is 42.6 Å². The van der Waals surface area contributed by atoms with Crippen LogP contribution in [0.2, 0.25) is 0 Å². The second-order valence-corrected chi connectivity index (χ2v) is 26.1. The molecule has 9 aromatic carbocycles. The highest BCUT2D eigenvalue weighted by atomic mass is 32.2. The minimum Gasteiger partial charge on any atom is -0.490 e. The van der Waals surface area contributed by atoms with Crippen molar-refractivity contribution in [3.8, 4) is 58.8 Å². The van der Waals surface area contributed by atoms with Crippen molar-refractivity contribution >= 4 is 85.2 Å². The minimum atomic E-state index is -3.37. The molecular weight excluding hydrogens is 1480 g/mol. The number of sulfone groups is 1. The number of benzene rings is 9. The summed E-state index contributed by atoms with van der Waals surface area (Å²) in [5, 5.41) is 3.87. The number of hydrogen-bond donors (Lipinski definition) is 0. The van der Waals surface area contributed by atoms with Crippen molar-refractivity contribution in [2.45, 2.75) is 45.6 Å². The Morgan fingerprint density at radius 2 is 0.878 bits per heavy atom. The second-order valence-electron chi connectivity index (χ2n) is 24.0. The second kappa shape index (κ2) is 53.5. The van der Waals surface area contributed by atoms with Gasteiger partial charge >= 0.3 is 41.8 Å². The van der Waals surface area contributed by atoms with Crippen LogP contribution in [0.5, 0.6) is 11.5 Å². The number of ether oxygens (including phenoxy) is 9. The first kappa shape index (κ1) is 93.1. The standard InChI is InChI=1S/C23H17NO3.C21H20O4.C16H16O4S.C12H14O3.C11H12O3.C11H12O2.5H2/c1-4-5-6-9-14-24(22(25)18(2)3)15-16-27-23(26)21-13-12-19-10-7-8-11-20(19)17-21;1-16(2)21(23)25-15-14-24-20(22)13-10-17-8-11-19(12-9-17)18-6-4-3-5-7-18;1-2-16(17)20-10-5-11-21(18,19)15-9-8-13-6-3-4-7-14(13)12-15;1-10(2)12(13)15-9-8-14-11-6-4-3-5-7-11;1-2-11(12)14-9-8-13-10-6-4-3-5-7-10;1-9(2)11(12)13-8-10-6-4-3-5-7-10;;;;;/h1,7-8,10-13,17H,2,15-16H2,3H3;3-13H,1,14-15H2,2H3;2-4,6-9,12H,1,5,10-11H2;3-7H,1,8-9H2,2H3;2-7H,1,8-9H2;3-7H,1,8H2,2H3;5*1H/b;13-10+;;;;;;;;;. The molecule has 0 N–H and O–H groups in total. The quantitative estimate of drug-likeness (QED) is 0.00976. The predicted octanol–water partition coefficient (Wildman–Crippen LogP) is 17.3. The molecule has 1 amide bonds. The van der Waals surface area contributed by atoms with E-state index >= 15 is 0 Å². The maximum atomic E-state index is 12.2. The third-order valence-corrected chi connectivity index (χ3v) is 16.5. The van der Waals surface area contributed by atoms with E-state index in [1.54, 1.807) is 64.1 Å². The van der Waals surface area contributed by atoms with Crippen molar-refractivity contribution in [1.82, 2.24) is 4.90 Å². The molecule has 0 fully saturated rings. The SMILES string of the molecule is C#CC#CC#CN(CCOC(=O)c1ccc2ccccc2c1)C(=O)C(=C)C.C=C(C)C(=O)OCCOC(=O)/C=C/c1ccc(-c2ccccc2)cc1.C=C(C)C(=O)OCCOc1ccccc1.C=C(C)C(=O)OCc1ccccc1.C=CC(=O)OCCCS(=O)(=O)c1ccc2ccccc2c1.C=CC(=O)OCCOc1ccccc1.[HH].[HH].[HH].[HH].[HH]. The molecule has 0 heterocycles. The maximum absolute atomic E-state index is 12.2. The zero-order valence-electron chi connectivity index (χ0n) is 64.7. The summed E-state index contributed by atoms with van der Waals surface area (Å²) in [7, 11) is -3.37. The third-order valence-electron chi connectivity index (χ3n) is 14.7. The van der Waals surface area contributed by atoms with Gasteiger partial charge in [0.1, 0.15) is 64.4 Å². The average Bonchev–Trinajstić information content (AvgIpc) is 0.811. The van der Waals surface area contributed by atoms with Crippen molar-refractivity contribution in [3.05, 3.63) is 327 Å². The van der Waals surface area contributed by atoms with E-state index in [0.29, 0.717) is 47.7 Å². The zero-order valence-corrected chi connectivity index (χ0v) is 65.5. The van der Waals surface area contributed by atoms with Gasteiger partial charge in [-0.2, -0.15) is 0 Å². The number of para-hydroxylation sites is 2. The molecule has 0 bridgehead atoms. The van der Waals surface area contributed by atoms with Gasteiger partial charge in [0, 0.05) is 65.5 Å². The van der Waals surface area contributed by atoms with Crippen molar-refractivity contribution in [3.63, 3.8) is 0 Å². The van der Waals surface area contributed by atoms with Gasteiger partial charge in [0.2, 0.25) is 0 Å². The number of carbonyl (C=O) groups excluding carboxylic acids is 8. The maximum Gasteiger partial charge on any atom is 0.338 e. The summed E-state index contributed by atoms with van der Waals surface area (Å²) in [5.41, 5.74) is 6.02. The molecule has 0 saturated heterocycles. The van der Waals surface area contributed by atoms with Crippen LogP contribution in [0.15, 0.2) is 315 Å². The van der Waals surface area contributed by atoms with Crippen LogP contribution in [0.3, 0.4) is 0 Å². The monoisotopic (exact) mass is 1580 g/mol. The lowest BCUT2D eigenvalue weighted by atomic mass is 10.0. The third kappa shape index (κ3) is 38.7. The topological polar surface area (TPSA) is 257 Å². The first-order valence-corrected chi connectivity index (χ1v) is 37.3. The van der Waals surface area contributed by atoms with Crippen LogP contribution in [0, 0.1) is 36.1 Å². The van der Waals surface area contributed by atoms with Gasteiger partial charge in [-0.05, 0) is 144 Å². The molecule has 0 atom stereocenters. The Morgan fingerprint density at radius 3 is 1.40 bits per heavy atom. The number of rotatable bonds is 31. The molecule has 0 aliphatic carbocycles. The molecule has 9 aromatic rings. The normalized spacial score (nSPS) is 9.83. The molecule has 115 heavy (non-hydrogen) atoms. The molecular formula is C94H101NO19S. The Morgan fingerprint density at radius 1 is 0.435 bits per heavy atom. The number of nitrogens with zero attached hydrogens (tertiary/aromatic N) is 1. The Labute approximate surface area is 680 Å². The van der Waals surface area contributed by atoms with Crippen LogP contribution in [0.1, 0.15) is 62.7 Å². The van der Waals surface area contributed by atoms with Crippen molar-refractivity contribution in [2.24, 2.45) is 0 Å². The molecule has 0 spiro atoms. The van der Waals surface area contributed by atoms with Gasteiger partial charge in [-0.25, -0.2) is 42.0 Å². The highest BCUT2D eigenvalue weighted by Gasteiger charge is 2.17. The van der Waals surface area contributed by atoms with Gasteiger partial charge in [0.25, 0.3) is 5.91 Å². The molecule has 0 radical (unpaired) electrons. The van der Waals surface area contributed by atoms with Gasteiger partial charge in [-0.3, -0.25) is 9.69 Å². The summed E-state index contributed by atoms with van der Waals surface area (Å²) in [5.74, 6) is 7.33.